The Balaban J connectivity index is 1.79. The van der Waals surface area contributed by atoms with Crippen LogP contribution in [0.2, 0.25) is 5.02 Å². The maximum absolute atomic E-state index is 5.80. The lowest BCUT2D eigenvalue weighted by Crippen LogP contribution is -2.25. The van der Waals surface area contributed by atoms with Gasteiger partial charge in [0.2, 0.25) is 5.89 Å². The molecule has 0 radical (unpaired) electrons. The Labute approximate surface area is 123 Å². The molecule has 6 heteroatoms. The Hall–Kier alpha value is -1.59. The average Bonchev–Trinajstić information content (AvgIpc) is 2.86. The van der Waals surface area contributed by atoms with Gasteiger partial charge in [0.1, 0.15) is 5.75 Å². The van der Waals surface area contributed by atoms with E-state index in [1.165, 1.54) is 0 Å². The maximum atomic E-state index is 5.80. The first-order valence-electron chi connectivity index (χ1n) is 6.56. The Morgan fingerprint density at radius 1 is 1.20 bits per heavy atom. The van der Waals surface area contributed by atoms with E-state index in [2.05, 4.69) is 29.4 Å². The molecule has 0 aliphatic rings. The van der Waals surface area contributed by atoms with Crippen molar-refractivity contribution in [2.75, 3.05) is 6.54 Å². The third-order valence-corrected chi connectivity index (χ3v) is 2.83. The normalized spacial score (nSPS) is 11.0. The van der Waals surface area contributed by atoms with Crippen LogP contribution < -0.4 is 10.1 Å². The molecular weight excluding hydrogens is 278 g/mol. The topological polar surface area (TPSA) is 60.2 Å². The summed E-state index contributed by atoms with van der Waals surface area (Å²) in [6.07, 6.45) is 0.714. The van der Waals surface area contributed by atoms with E-state index in [1.807, 2.05) is 0 Å². The minimum absolute atomic E-state index is 0.256. The van der Waals surface area contributed by atoms with Gasteiger partial charge in [-0.1, -0.05) is 25.4 Å². The molecule has 5 nitrogen and oxygen atoms in total. The molecule has 108 valence electrons. The molecule has 1 N–H and O–H groups in total. The fourth-order valence-corrected chi connectivity index (χ4v) is 1.72. The number of benzene rings is 1. The van der Waals surface area contributed by atoms with Crippen LogP contribution in [0, 0.1) is 0 Å². The smallest absolute Gasteiger partial charge is 0.253 e. The molecule has 0 aliphatic carbocycles. The van der Waals surface area contributed by atoms with E-state index in [9.17, 15) is 0 Å². The summed E-state index contributed by atoms with van der Waals surface area (Å²) >= 11 is 5.80. The summed E-state index contributed by atoms with van der Waals surface area (Å²) in [4.78, 5) is 0. The van der Waals surface area contributed by atoms with E-state index in [-0.39, 0.29) is 6.61 Å². The number of aromatic nitrogens is 2. The summed E-state index contributed by atoms with van der Waals surface area (Å²) < 4.78 is 11.0. The lowest BCUT2D eigenvalue weighted by molar-refractivity contribution is 0.258. The molecule has 0 fully saturated rings. The van der Waals surface area contributed by atoms with Gasteiger partial charge in [-0.3, -0.25) is 0 Å². The van der Waals surface area contributed by atoms with Crippen molar-refractivity contribution in [2.45, 2.75) is 32.9 Å². The monoisotopic (exact) mass is 295 g/mol. The molecule has 0 atom stereocenters. The van der Waals surface area contributed by atoms with Crippen molar-refractivity contribution in [2.24, 2.45) is 0 Å². The molecule has 0 saturated heterocycles. The maximum Gasteiger partial charge on any atom is 0.253 e. The van der Waals surface area contributed by atoms with Crippen molar-refractivity contribution in [3.63, 3.8) is 0 Å². The Morgan fingerprint density at radius 3 is 2.60 bits per heavy atom. The van der Waals surface area contributed by atoms with Crippen LogP contribution in [-0.2, 0) is 13.0 Å². The quantitative estimate of drug-likeness (QED) is 0.851. The van der Waals surface area contributed by atoms with E-state index in [0.29, 0.717) is 29.3 Å². The Bertz CT molecular complexity index is 525. The highest BCUT2D eigenvalue weighted by molar-refractivity contribution is 6.30. The molecule has 0 amide bonds. The molecule has 1 aromatic heterocycles. The summed E-state index contributed by atoms with van der Waals surface area (Å²) in [7, 11) is 0. The van der Waals surface area contributed by atoms with Gasteiger partial charge >= 0.3 is 0 Å². The van der Waals surface area contributed by atoms with Crippen molar-refractivity contribution >= 4 is 11.6 Å². The second kappa shape index (κ2) is 7.26. The summed E-state index contributed by atoms with van der Waals surface area (Å²) in [6, 6.07) is 7.59. The number of ether oxygens (including phenoxy) is 1. The fraction of sp³-hybridized carbons (Fsp3) is 0.429. The summed E-state index contributed by atoms with van der Waals surface area (Å²) in [5.41, 5.74) is 0. The number of nitrogens with one attached hydrogen (secondary N) is 1. The van der Waals surface area contributed by atoms with Gasteiger partial charge < -0.3 is 14.5 Å². The molecule has 0 bridgehead atoms. The van der Waals surface area contributed by atoms with Gasteiger partial charge in [-0.2, -0.15) is 0 Å². The molecule has 0 unspecified atom stereocenters. The largest absolute Gasteiger partial charge is 0.484 e. The zero-order valence-corrected chi connectivity index (χ0v) is 12.4. The van der Waals surface area contributed by atoms with Crippen LogP contribution in [0.15, 0.2) is 28.7 Å². The molecule has 0 saturated carbocycles. The predicted molar refractivity (Wildman–Crippen MR) is 76.9 cm³/mol. The zero-order chi connectivity index (χ0) is 14.4. The van der Waals surface area contributed by atoms with Gasteiger partial charge in [0, 0.05) is 24.0 Å². The average molecular weight is 296 g/mol. The fourth-order valence-electron chi connectivity index (χ4n) is 1.59. The number of hydrogen-bond donors (Lipinski definition) is 1. The van der Waals surface area contributed by atoms with E-state index >= 15 is 0 Å². The highest BCUT2D eigenvalue weighted by Crippen LogP contribution is 2.16. The van der Waals surface area contributed by atoms with Gasteiger partial charge in [-0.25, -0.2) is 0 Å². The summed E-state index contributed by atoms with van der Waals surface area (Å²) in [6.45, 7) is 5.27. The Morgan fingerprint density at radius 2 is 1.90 bits per heavy atom. The predicted octanol–water partition coefficient (Wildman–Crippen LogP) is 2.84. The van der Waals surface area contributed by atoms with E-state index < -0.39 is 0 Å². The second-order valence-corrected chi connectivity index (χ2v) is 5.13. The molecule has 1 aromatic carbocycles. The van der Waals surface area contributed by atoms with Crippen molar-refractivity contribution < 1.29 is 9.15 Å². The van der Waals surface area contributed by atoms with Crippen LogP contribution in [0.1, 0.15) is 25.6 Å². The highest BCUT2D eigenvalue weighted by Gasteiger charge is 2.07. The van der Waals surface area contributed by atoms with Crippen LogP contribution >= 0.6 is 11.6 Å². The minimum atomic E-state index is 0.256. The molecule has 2 aromatic rings. The Kier molecular flexibility index (Phi) is 5.38. The van der Waals surface area contributed by atoms with Crippen molar-refractivity contribution in [1.82, 2.24) is 15.5 Å². The van der Waals surface area contributed by atoms with Gasteiger partial charge in [0.05, 0.1) is 0 Å². The lowest BCUT2D eigenvalue weighted by Gasteiger charge is -2.05. The molecule has 2 rings (SSSR count). The number of hydrogen-bond acceptors (Lipinski definition) is 5. The third kappa shape index (κ3) is 4.83. The van der Waals surface area contributed by atoms with Gasteiger partial charge in [-0.05, 0) is 24.3 Å². The molecule has 0 aliphatic heterocycles. The van der Waals surface area contributed by atoms with Gasteiger partial charge in [0.25, 0.3) is 5.89 Å². The summed E-state index contributed by atoms with van der Waals surface area (Å²) in [5, 5.41) is 11.9. The van der Waals surface area contributed by atoms with Crippen molar-refractivity contribution in [3.8, 4) is 5.75 Å². The molecular formula is C14H18ClN3O2. The van der Waals surface area contributed by atoms with Crippen molar-refractivity contribution in [1.29, 1.82) is 0 Å². The molecule has 20 heavy (non-hydrogen) atoms. The van der Waals surface area contributed by atoms with E-state index in [1.54, 1.807) is 24.3 Å². The van der Waals surface area contributed by atoms with Crippen LogP contribution in [0.25, 0.3) is 0 Å². The van der Waals surface area contributed by atoms with Gasteiger partial charge in [0.15, 0.2) is 6.61 Å². The van der Waals surface area contributed by atoms with E-state index in [0.717, 1.165) is 12.3 Å². The SMILES string of the molecule is CC(C)NCCc1nnc(COc2ccc(Cl)cc2)o1. The van der Waals surface area contributed by atoms with Gasteiger partial charge in [-0.15, -0.1) is 10.2 Å². The minimum Gasteiger partial charge on any atom is -0.484 e. The first-order valence-corrected chi connectivity index (χ1v) is 6.94. The second-order valence-electron chi connectivity index (χ2n) is 4.69. The van der Waals surface area contributed by atoms with Crippen LogP contribution in [0.5, 0.6) is 5.75 Å². The first kappa shape index (κ1) is 14.8. The number of halogens is 1. The number of rotatable bonds is 7. The summed E-state index contributed by atoms with van der Waals surface area (Å²) in [5.74, 6) is 1.81. The van der Waals surface area contributed by atoms with E-state index in [4.69, 9.17) is 20.8 Å². The molecule has 0 spiro atoms. The van der Waals surface area contributed by atoms with Crippen LogP contribution in [0.3, 0.4) is 0 Å². The first-order chi connectivity index (χ1) is 9.63. The van der Waals surface area contributed by atoms with Crippen LogP contribution in [0.4, 0.5) is 0 Å². The third-order valence-electron chi connectivity index (χ3n) is 2.58. The van der Waals surface area contributed by atoms with Crippen molar-refractivity contribution in [3.05, 3.63) is 41.1 Å². The highest BCUT2D eigenvalue weighted by atomic mass is 35.5. The zero-order valence-electron chi connectivity index (χ0n) is 11.6. The van der Waals surface area contributed by atoms with Crippen LogP contribution in [-0.4, -0.2) is 22.8 Å². The molecule has 1 heterocycles. The number of nitrogens with zero attached hydrogens (tertiary/aromatic N) is 2. The standard InChI is InChI=1S/C14H18ClN3O2/c1-10(2)16-8-7-13-17-18-14(20-13)9-19-12-5-3-11(15)4-6-12/h3-6,10,16H,7-9H2,1-2H3. The lowest BCUT2D eigenvalue weighted by atomic mass is 10.3.